The number of aryl methyl sites for hydroxylation is 3. The fourth-order valence-electron chi connectivity index (χ4n) is 2.49. The minimum atomic E-state index is 0.0741. The van der Waals surface area contributed by atoms with Crippen molar-refractivity contribution in [1.29, 1.82) is 0 Å². The Labute approximate surface area is 135 Å². The van der Waals surface area contributed by atoms with Crippen LogP contribution in [-0.4, -0.2) is 29.0 Å². The molecule has 1 amide bonds. The van der Waals surface area contributed by atoms with Gasteiger partial charge in [0.15, 0.2) is 0 Å². The molecule has 23 heavy (non-hydrogen) atoms. The molecule has 0 spiro atoms. The second kappa shape index (κ2) is 6.64. The van der Waals surface area contributed by atoms with Crippen LogP contribution in [0.2, 0.25) is 0 Å². The molecule has 1 aromatic heterocycles. The molecule has 6 nitrogen and oxygen atoms in total. The molecule has 0 fully saturated rings. The van der Waals surface area contributed by atoms with E-state index in [9.17, 15) is 4.79 Å². The Balaban J connectivity index is 1.53. The molecule has 0 bridgehead atoms. The molecule has 3 rings (SSSR count). The molecule has 2 heterocycles. The lowest BCUT2D eigenvalue weighted by Gasteiger charge is -2.17. The summed E-state index contributed by atoms with van der Waals surface area (Å²) in [6.45, 7) is 5.01. The molecule has 0 aliphatic carbocycles. The average molecular weight is 312 g/mol. The van der Waals surface area contributed by atoms with Crippen LogP contribution in [0.25, 0.3) is 0 Å². The van der Waals surface area contributed by atoms with E-state index in [0.717, 1.165) is 40.6 Å². The molecule has 6 heteroatoms. The SMILES string of the molecule is Cc1cnc(C)c(NCCOc2ccc3c(c2)CCC(=O)N3)n1. The van der Waals surface area contributed by atoms with E-state index in [1.165, 1.54) is 0 Å². The van der Waals surface area contributed by atoms with Crippen LogP contribution in [0.3, 0.4) is 0 Å². The van der Waals surface area contributed by atoms with Gasteiger partial charge in [-0.2, -0.15) is 0 Å². The molecule has 1 aromatic carbocycles. The highest BCUT2D eigenvalue weighted by Gasteiger charge is 2.14. The number of aromatic nitrogens is 2. The van der Waals surface area contributed by atoms with Crippen LogP contribution in [0.1, 0.15) is 23.4 Å². The van der Waals surface area contributed by atoms with E-state index in [0.29, 0.717) is 19.6 Å². The van der Waals surface area contributed by atoms with E-state index in [1.807, 2.05) is 32.0 Å². The number of amides is 1. The molecular formula is C17H20N4O2. The highest BCUT2D eigenvalue weighted by atomic mass is 16.5. The number of benzene rings is 1. The number of anilines is 2. The zero-order valence-corrected chi connectivity index (χ0v) is 13.3. The fourth-order valence-corrected chi connectivity index (χ4v) is 2.49. The first-order chi connectivity index (χ1) is 11.1. The maximum absolute atomic E-state index is 11.3. The quantitative estimate of drug-likeness (QED) is 0.830. The van der Waals surface area contributed by atoms with Crippen molar-refractivity contribution in [1.82, 2.24) is 9.97 Å². The Hall–Kier alpha value is -2.63. The summed E-state index contributed by atoms with van der Waals surface area (Å²) in [6.07, 6.45) is 3.04. The van der Waals surface area contributed by atoms with Gasteiger partial charge in [0, 0.05) is 18.3 Å². The van der Waals surface area contributed by atoms with Gasteiger partial charge >= 0.3 is 0 Å². The van der Waals surface area contributed by atoms with Gasteiger partial charge in [0.2, 0.25) is 5.91 Å². The number of nitrogens with zero attached hydrogens (tertiary/aromatic N) is 2. The number of carbonyl (C=O) groups is 1. The normalized spacial score (nSPS) is 13.2. The van der Waals surface area contributed by atoms with Crippen LogP contribution in [0.4, 0.5) is 11.5 Å². The Morgan fingerprint density at radius 2 is 2.17 bits per heavy atom. The second-order valence-electron chi connectivity index (χ2n) is 5.59. The molecule has 1 aliphatic rings. The second-order valence-corrected chi connectivity index (χ2v) is 5.59. The number of carbonyl (C=O) groups excluding carboxylic acids is 1. The molecule has 0 atom stereocenters. The first-order valence-electron chi connectivity index (χ1n) is 7.71. The number of rotatable bonds is 5. The van der Waals surface area contributed by atoms with Crippen molar-refractivity contribution in [2.24, 2.45) is 0 Å². The smallest absolute Gasteiger partial charge is 0.224 e. The van der Waals surface area contributed by atoms with E-state index in [4.69, 9.17) is 4.74 Å². The van der Waals surface area contributed by atoms with Crippen molar-refractivity contribution in [3.63, 3.8) is 0 Å². The van der Waals surface area contributed by atoms with Crippen LogP contribution in [0.15, 0.2) is 24.4 Å². The van der Waals surface area contributed by atoms with E-state index >= 15 is 0 Å². The number of fused-ring (bicyclic) bond motifs is 1. The van der Waals surface area contributed by atoms with Crippen molar-refractivity contribution < 1.29 is 9.53 Å². The Morgan fingerprint density at radius 3 is 3.04 bits per heavy atom. The summed E-state index contributed by atoms with van der Waals surface area (Å²) in [5.74, 6) is 1.68. The first kappa shape index (κ1) is 15.3. The predicted octanol–water partition coefficient (Wildman–Crippen LogP) is 2.47. The number of nitrogens with one attached hydrogen (secondary N) is 2. The molecule has 0 saturated heterocycles. The van der Waals surface area contributed by atoms with Gasteiger partial charge in [-0.25, -0.2) is 4.98 Å². The zero-order valence-electron chi connectivity index (χ0n) is 13.3. The van der Waals surface area contributed by atoms with E-state index in [2.05, 4.69) is 20.6 Å². The van der Waals surface area contributed by atoms with E-state index < -0.39 is 0 Å². The lowest BCUT2D eigenvalue weighted by molar-refractivity contribution is -0.116. The third-order valence-electron chi connectivity index (χ3n) is 3.71. The molecule has 2 N–H and O–H groups in total. The molecular weight excluding hydrogens is 292 g/mol. The first-order valence-corrected chi connectivity index (χ1v) is 7.71. The Morgan fingerprint density at radius 1 is 1.30 bits per heavy atom. The summed E-state index contributed by atoms with van der Waals surface area (Å²) in [7, 11) is 0. The fraction of sp³-hybridized carbons (Fsp3) is 0.353. The maximum atomic E-state index is 11.3. The third-order valence-corrected chi connectivity index (χ3v) is 3.71. The summed E-state index contributed by atoms with van der Waals surface area (Å²) in [5, 5.41) is 6.10. The van der Waals surface area contributed by atoms with Crippen molar-refractivity contribution in [3.8, 4) is 5.75 Å². The summed E-state index contributed by atoms with van der Waals surface area (Å²) in [6, 6.07) is 5.76. The van der Waals surface area contributed by atoms with Gasteiger partial charge in [-0.3, -0.25) is 9.78 Å². The summed E-state index contributed by atoms with van der Waals surface area (Å²) >= 11 is 0. The summed E-state index contributed by atoms with van der Waals surface area (Å²) in [5.41, 5.74) is 3.77. The largest absolute Gasteiger partial charge is 0.492 e. The van der Waals surface area contributed by atoms with Gasteiger partial charge in [-0.05, 0) is 44.0 Å². The number of hydrogen-bond donors (Lipinski definition) is 2. The lowest BCUT2D eigenvalue weighted by Crippen LogP contribution is -2.19. The molecule has 2 aromatic rings. The predicted molar refractivity (Wildman–Crippen MR) is 88.9 cm³/mol. The molecule has 120 valence electrons. The minimum absolute atomic E-state index is 0.0741. The zero-order chi connectivity index (χ0) is 16.2. The molecule has 0 saturated carbocycles. The Bertz CT molecular complexity index is 731. The van der Waals surface area contributed by atoms with E-state index in [-0.39, 0.29) is 5.91 Å². The van der Waals surface area contributed by atoms with E-state index in [1.54, 1.807) is 6.20 Å². The van der Waals surface area contributed by atoms with Gasteiger partial charge in [0.05, 0.1) is 17.9 Å². The maximum Gasteiger partial charge on any atom is 0.224 e. The third kappa shape index (κ3) is 3.77. The standard InChI is InChI=1S/C17H20N4O2/c1-11-10-19-12(2)17(20-11)18-7-8-23-14-4-5-15-13(9-14)3-6-16(22)21-15/h4-5,9-10H,3,6-8H2,1-2H3,(H,18,20)(H,21,22). The van der Waals surface area contributed by atoms with Crippen LogP contribution < -0.4 is 15.4 Å². The van der Waals surface area contributed by atoms with Crippen molar-refractivity contribution >= 4 is 17.4 Å². The highest BCUT2D eigenvalue weighted by Crippen LogP contribution is 2.26. The molecule has 1 aliphatic heterocycles. The van der Waals surface area contributed by atoms with Gasteiger partial charge in [-0.15, -0.1) is 0 Å². The topological polar surface area (TPSA) is 76.1 Å². The lowest BCUT2D eigenvalue weighted by atomic mass is 10.0. The highest BCUT2D eigenvalue weighted by molar-refractivity contribution is 5.93. The van der Waals surface area contributed by atoms with Gasteiger partial charge in [0.25, 0.3) is 0 Å². The summed E-state index contributed by atoms with van der Waals surface area (Å²) < 4.78 is 5.77. The number of ether oxygens (including phenoxy) is 1. The monoisotopic (exact) mass is 312 g/mol. The van der Waals surface area contributed by atoms with Crippen molar-refractivity contribution in [3.05, 3.63) is 41.3 Å². The Kier molecular flexibility index (Phi) is 4.41. The van der Waals surface area contributed by atoms with Gasteiger partial charge in [0.1, 0.15) is 18.2 Å². The van der Waals surface area contributed by atoms with Crippen LogP contribution in [-0.2, 0) is 11.2 Å². The van der Waals surface area contributed by atoms with Gasteiger partial charge < -0.3 is 15.4 Å². The van der Waals surface area contributed by atoms with Crippen molar-refractivity contribution in [2.75, 3.05) is 23.8 Å². The van der Waals surface area contributed by atoms with Crippen LogP contribution in [0.5, 0.6) is 5.75 Å². The van der Waals surface area contributed by atoms with Crippen molar-refractivity contribution in [2.45, 2.75) is 26.7 Å². The molecule has 0 unspecified atom stereocenters. The van der Waals surface area contributed by atoms with Crippen LogP contribution in [0, 0.1) is 13.8 Å². The number of hydrogen-bond acceptors (Lipinski definition) is 5. The van der Waals surface area contributed by atoms with Crippen LogP contribution >= 0.6 is 0 Å². The summed E-state index contributed by atoms with van der Waals surface area (Å²) in [4.78, 5) is 20.0. The van der Waals surface area contributed by atoms with Gasteiger partial charge in [-0.1, -0.05) is 0 Å². The average Bonchev–Trinajstić information content (AvgIpc) is 2.54. The minimum Gasteiger partial charge on any atom is -0.492 e. The molecule has 0 radical (unpaired) electrons.